The van der Waals surface area contributed by atoms with Gasteiger partial charge in [0.15, 0.2) is 0 Å². The number of nitrogens with zero attached hydrogens (tertiary/aromatic N) is 1. The third-order valence-corrected chi connectivity index (χ3v) is 7.44. The number of β-amino-alcohol motifs (C(OH)–C–C–N with tert-alkyl or cyclic N) is 1. The molecule has 0 aromatic heterocycles. The lowest BCUT2D eigenvalue weighted by atomic mass is 9.94. The summed E-state index contributed by atoms with van der Waals surface area (Å²) in [5.41, 5.74) is 5.30. The summed E-state index contributed by atoms with van der Waals surface area (Å²) in [5, 5.41) is 10.8. The fourth-order valence-electron chi connectivity index (χ4n) is 5.32. The van der Waals surface area contributed by atoms with Crippen LogP contribution in [0.5, 0.6) is 0 Å². The van der Waals surface area contributed by atoms with Gasteiger partial charge < -0.3 is 14.6 Å². The molecule has 0 radical (unpaired) electrons. The summed E-state index contributed by atoms with van der Waals surface area (Å²) in [5.74, 6) is -0.288. The zero-order valence-electron chi connectivity index (χ0n) is 23.0. The van der Waals surface area contributed by atoms with Crippen molar-refractivity contribution >= 4 is 5.97 Å². The molecule has 3 rings (SSSR count). The van der Waals surface area contributed by atoms with Gasteiger partial charge in [0.1, 0.15) is 5.82 Å². The molecule has 1 heterocycles. The molecule has 1 saturated heterocycles. The van der Waals surface area contributed by atoms with Crippen LogP contribution in [0.1, 0.15) is 79.9 Å². The molecule has 0 saturated carbocycles. The number of carbonyl (C=O) groups is 1. The first-order chi connectivity index (χ1) is 17.8. The van der Waals surface area contributed by atoms with Crippen molar-refractivity contribution in [3.63, 3.8) is 0 Å². The second kappa shape index (κ2) is 14.6. The molecule has 3 atom stereocenters. The number of hydrogen-bond acceptors (Lipinski definition) is 5. The summed E-state index contributed by atoms with van der Waals surface area (Å²) < 4.78 is 25.2. The lowest BCUT2D eigenvalue weighted by Gasteiger charge is -2.28. The van der Waals surface area contributed by atoms with E-state index >= 15 is 0 Å². The monoisotopic (exact) mass is 513 g/mol. The number of unbranched alkanes of at least 4 members (excludes halogenated alkanes) is 1. The van der Waals surface area contributed by atoms with E-state index in [0.29, 0.717) is 31.2 Å². The summed E-state index contributed by atoms with van der Waals surface area (Å²) in [6, 6.07) is 12.1. The average molecular weight is 514 g/mol. The molecule has 1 aliphatic heterocycles. The molecule has 0 aliphatic carbocycles. The molecule has 0 amide bonds. The van der Waals surface area contributed by atoms with E-state index in [9.17, 15) is 14.3 Å². The number of halogens is 1. The predicted octanol–water partition coefficient (Wildman–Crippen LogP) is 5.86. The summed E-state index contributed by atoms with van der Waals surface area (Å²) in [4.78, 5) is 13.9. The molecule has 2 aromatic carbocycles. The summed E-state index contributed by atoms with van der Waals surface area (Å²) >= 11 is 0. The SMILES string of the molecule is CCOC(=O)CCCCc1c(C)cccc1[C@@H](C)OC[C@H](O)CN1CCC[C@H]1Cc1ccc(C)c(F)c1. The maximum absolute atomic E-state index is 14.0. The second-order valence-electron chi connectivity index (χ2n) is 10.4. The number of aliphatic hydroxyl groups excluding tert-OH is 1. The number of ether oxygens (including phenoxy) is 2. The fraction of sp³-hybridized carbons (Fsp3) is 0.581. The van der Waals surface area contributed by atoms with Crippen LogP contribution < -0.4 is 0 Å². The minimum absolute atomic E-state index is 0.135. The lowest BCUT2D eigenvalue weighted by Crippen LogP contribution is -2.39. The van der Waals surface area contributed by atoms with Gasteiger partial charge in [0.05, 0.1) is 25.4 Å². The predicted molar refractivity (Wildman–Crippen MR) is 145 cm³/mol. The van der Waals surface area contributed by atoms with Crippen LogP contribution in [-0.2, 0) is 27.1 Å². The number of likely N-dealkylation sites (tertiary alicyclic amines) is 1. The fourth-order valence-corrected chi connectivity index (χ4v) is 5.32. The molecule has 204 valence electrons. The quantitative estimate of drug-likeness (QED) is 0.253. The molecule has 0 unspecified atom stereocenters. The lowest BCUT2D eigenvalue weighted by molar-refractivity contribution is -0.143. The van der Waals surface area contributed by atoms with E-state index in [1.165, 1.54) is 11.1 Å². The topological polar surface area (TPSA) is 59.0 Å². The standard InChI is InChI=1S/C31H44FNO4/c1-5-36-31(35)14-7-6-12-28-22(2)10-8-13-29(28)24(4)37-21-27(34)20-33-17-9-11-26(33)18-25-16-15-23(3)30(32)19-25/h8,10,13,15-16,19,24,26-27,34H,5-7,9,11-12,14,17-18,20-21H2,1-4H3/t24-,26+,27-/m1/s1. The van der Waals surface area contributed by atoms with Crippen molar-refractivity contribution in [1.29, 1.82) is 0 Å². The molecule has 1 fully saturated rings. The van der Waals surface area contributed by atoms with E-state index in [-0.39, 0.29) is 24.5 Å². The molecular weight excluding hydrogens is 469 g/mol. The Bertz CT molecular complexity index is 1010. The highest BCUT2D eigenvalue weighted by molar-refractivity contribution is 5.69. The molecule has 5 nitrogen and oxygen atoms in total. The smallest absolute Gasteiger partial charge is 0.305 e. The maximum atomic E-state index is 14.0. The van der Waals surface area contributed by atoms with Crippen LogP contribution in [0.3, 0.4) is 0 Å². The highest BCUT2D eigenvalue weighted by Crippen LogP contribution is 2.27. The molecule has 0 bridgehead atoms. The maximum Gasteiger partial charge on any atom is 0.305 e. The van der Waals surface area contributed by atoms with Crippen LogP contribution >= 0.6 is 0 Å². The van der Waals surface area contributed by atoms with E-state index in [4.69, 9.17) is 9.47 Å². The van der Waals surface area contributed by atoms with E-state index in [2.05, 4.69) is 24.0 Å². The number of benzene rings is 2. The Morgan fingerprint density at radius 2 is 2.00 bits per heavy atom. The number of aliphatic hydroxyl groups is 1. The summed E-state index contributed by atoms with van der Waals surface area (Å²) in [6.45, 7) is 9.94. The van der Waals surface area contributed by atoms with Crippen LogP contribution in [0.4, 0.5) is 4.39 Å². The van der Waals surface area contributed by atoms with Gasteiger partial charge in [0.25, 0.3) is 0 Å². The van der Waals surface area contributed by atoms with Crippen LogP contribution in [0.25, 0.3) is 0 Å². The van der Waals surface area contributed by atoms with E-state index < -0.39 is 6.10 Å². The van der Waals surface area contributed by atoms with Crippen LogP contribution in [0.15, 0.2) is 36.4 Å². The Balaban J connectivity index is 1.49. The minimum atomic E-state index is -0.587. The Morgan fingerprint density at radius 3 is 2.76 bits per heavy atom. The normalized spacial score (nSPS) is 17.6. The van der Waals surface area contributed by atoms with Crippen molar-refractivity contribution < 1.29 is 23.8 Å². The molecule has 0 spiro atoms. The van der Waals surface area contributed by atoms with Crippen molar-refractivity contribution in [2.75, 3.05) is 26.3 Å². The highest BCUT2D eigenvalue weighted by Gasteiger charge is 2.27. The van der Waals surface area contributed by atoms with Gasteiger partial charge >= 0.3 is 5.97 Å². The number of hydrogen-bond donors (Lipinski definition) is 1. The Hall–Kier alpha value is -2.28. The van der Waals surface area contributed by atoms with Crippen LogP contribution in [0, 0.1) is 19.7 Å². The highest BCUT2D eigenvalue weighted by atomic mass is 19.1. The number of rotatable bonds is 14. The molecule has 37 heavy (non-hydrogen) atoms. The molecule has 1 N–H and O–H groups in total. The van der Waals surface area contributed by atoms with Gasteiger partial charge in [-0.2, -0.15) is 0 Å². The van der Waals surface area contributed by atoms with Gasteiger partial charge in [-0.15, -0.1) is 0 Å². The van der Waals surface area contributed by atoms with E-state index in [0.717, 1.165) is 56.2 Å². The Labute approximate surface area is 222 Å². The Morgan fingerprint density at radius 1 is 1.19 bits per heavy atom. The number of carbonyl (C=O) groups excluding carboxylic acids is 1. The van der Waals surface area contributed by atoms with E-state index in [1.54, 1.807) is 13.0 Å². The van der Waals surface area contributed by atoms with Gasteiger partial charge in [-0.1, -0.05) is 30.3 Å². The van der Waals surface area contributed by atoms with Crippen molar-refractivity contribution in [3.8, 4) is 0 Å². The van der Waals surface area contributed by atoms with Crippen molar-refractivity contribution in [3.05, 3.63) is 70.0 Å². The molecule has 2 aromatic rings. The van der Waals surface area contributed by atoms with Gasteiger partial charge in [0, 0.05) is 19.0 Å². The number of esters is 1. The summed E-state index contributed by atoms with van der Waals surface area (Å²) in [6.07, 6.45) is 5.25. The summed E-state index contributed by atoms with van der Waals surface area (Å²) in [7, 11) is 0. The van der Waals surface area contributed by atoms with Gasteiger partial charge in [0.2, 0.25) is 0 Å². The molecule has 6 heteroatoms. The first-order valence-corrected chi connectivity index (χ1v) is 13.8. The van der Waals surface area contributed by atoms with Crippen LogP contribution in [0.2, 0.25) is 0 Å². The number of aryl methyl sites for hydroxylation is 2. The van der Waals surface area contributed by atoms with Gasteiger partial charge in [-0.3, -0.25) is 9.69 Å². The van der Waals surface area contributed by atoms with Crippen LogP contribution in [-0.4, -0.2) is 54.4 Å². The van der Waals surface area contributed by atoms with Gasteiger partial charge in [-0.25, -0.2) is 4.39 Å². The largest absolute Gasteiger partial charge is 0.466 e. The zero-order chi connectivity index (χ0) is 26.8. The molecular formula is C31H44FNO4. The molecule has 1 aliphatic rings. The third-order valence-electron chi connectivity index (χ3n) is 7.44. The Kier molecular flexibility index (Phi) is 11.6. The second-order valence-corrected chi connectivity index (χ2v) is 10.4. The van der Waals surface area contributed by atoms with Crippen molar-refractivity contribution in [2.24, 2.45) is 0 Å². The first-order valence-electron chi connectivity index (χ1n) is 13.8. The zero-order valence-corrected chi connectivity index (χ0v) is 23.0. The minimum Gasteiger partial charge on any atom is -0.466 e. The van der Waals surface area contributed by atoms with E-state index in [1.807, 2.05) is 32.0 Å². The average Bonchev–Trinajstić information content (AvgIpc) is 3.29. The van der Waals surface area contributed by atoms with Crippen molar-refractivity contribution in [1.82, 2.24) is 4.90 Å². The third kappa shape index (κ3) is 8.91. The first kappa shape index (κ1) is 29.3. The van der Waals surface area contributed by atoms with Crippen molar-refractivity contribution in [2.45, 2.75) is 90.9 Å². The van der Waals surface area contributed by atoms with Gasteiger partial charge in [-0.05, 0) is 107 Å².